The Bertz CT molecular complexity index is 510. The molecule has 116 valence electrons. The third kappa shape index (κ3) is 3.13. The third-order valence-corrected chi connectivity index (χ3v) is 4.98. The molecule has 0 aliphatic carbocycles. The first kappa shape index (κ1) is 15.3. The minimum Gasteiger partial charge on any atom is -0.487 e. The van der Waals surface area contributed by atoms with Gasteiger partial charge in [-0.1, -0.05) is 22.9 Å². The van der Waals surface area contributed by atoms with E-state index in [2.05, 4.69) is 60.2 Å². The lowest BCUT2D eigenvalue weighted by Gasteiger charge is -2.48. The molecule has 1 N–H and O–H groups in total. The average Bonchev–Trinajstić information content (AvgIpc) is 2.38. The molecule has 1 fully saturated rings. The Kier molecular flexibility index (Phi) is 4.30. The summed E-state index contributed by atoms with van der Waals surface area (Å²) in [6, 6.07) is 6.69. The van der Waals surface area contributed by atoms with Gasteiger partial charge >= 0.3 is 0 Å². The van der Waals surface area contributed by atoms with Crippen LogP contribution in [0.3, 0.4) is 0 Å². The van der Waals surface area contributed by atoms with Gasteiger partial charge in [-0.3, -0.25) is 0 Å². The summed E-state index contributed by atoms with van der Waals surface area (Å²) in [6.07, 6.45) is 3.47. The van der Waals surface area contributed by atoms with Crippen molar-refractivity contribution < 1.29 is 9.47 Å². The highest BCUT2D eigenvalue weighted by Crippen LogP contribution is 2.46. The molecular weight excluding hydrogens is 330 g/mol. The number of rotatable bonds is 2. The lowest BCUT2D eigenvalue weighted by atomic mass is 9.78. The van der Waals surface area contributed by atoms with Crippen LogP contribution in [0.5, 0.6) is 5.75 Å². The molecule has 3 nitrogen and oxygen atoms in total. The minimum absolute atomic E-state index is 0.0925. The standard InChI is InChI=1S/C17H24BrNO2/c1-4-19-15-10-17(8-11(2)20-12(3)9-17)21-16-6-5-13(18)7-14(15)16/h5-7,11-12,15,19H,4,8-10H2,1-3H3. The molecule has 0 amide bonds. The Morgan fingerprint density at radius 2 is 1.95 bits per heavy atom. The quantitative estimate of drug-likeness (QED) is 0.863. The lowest BCUT2D eigenvalue weighted by Crippen LogP contribution is -2.51. The summed E-state index contributed by atoms with van der Waals surface area (Å²) in [6.45, 7) is 7.43. The molecule has 0 bridgehead atoms. The molecule has 1 aromatic rings. The van der Waals surface area contributed by atoms with Crippen LogP contribution in [0.2, 0.25) is 0 Å². The molecule has 2 heterocycles. The van der Waals surface area contributed by atoms with Crippen molar-refractivity contribution in [3.63, 3.8) is 0 Å². The minimum atomic E-state index is -0.0925. The molecule has 1 saturated heterocycles. The molecule has 2 aliphatic heterocycles. The van der Waals surface area contributed by atoms with Crippen molar-refractivity contribution in [3.8, 4) is 5.75 Å². The van der Waals surface area contributed by atoms with Gasteiger partial charge in [-0.05, 0) is 38.6 Å². The van der Waals surface area contributed by atoms with E-state index >= 15 is 0 Å². The fourth-order valence-corrected chi connectivity index (χ4v) is 4.32. The van der Waals surface area contributed by atoms with Crippen molar-refractivity contribution >= 4 is 15.9 Å². The number of ether oxygens (including phenoxy) is 2. The monoisotopic (exact) mass is 353 g/mol. The Hall–Kier alpha value is -0.580. The molecule has 0 radical (unpaired) electrons. The van der Waals surface area contributed by atoms with Crippen molar-refractivity contribution in [1.82, 2.24) is 5.32 Å². The van der Waals surface area contributed by atoms with Gasteiger partial charge < -0.3 is 14.8 Å². The van der Waals surface area contributed by atoms with Crippen molar-refractivity contribution in [2.45, 2.75) is 63.9 Å². The number of fused-ring (bicyclic) bond motifs is 1. The first-order valence-electron chi connectivity index (χ1n) is 7.88. The van der Waals surface area contributed by atoms with Crippen molar-refractivity contribution in [1.29, 1.82) is 0 Å². The van der Waals surface area contributed by atoms with Crippen LogP contribution in [0.15, 0.2) is 22.7 Å². The zero-order chi connectivity index (χ0) is 15.0. The van der Waals surface area contributed by atoms with Crippen LogP contribution in [0, 0.1) is 0 Å². The molecule has 1 aromatic carbocycles. The van der Waals surface area contributed by atoms with Gasteiger partial charge in [0.1, 0.15) is 11.4 Å². The number of hydrogen-bond donors (Lipinski definition) is 1. The van der Waals surface area contributed by atoms with Crippen LogP contribution < -0.4 is 10.1 Å². The van der Waals surface area contributed by atoms with E-state index in [1.54, 1.807) is 0 Å². The lowest BCUT2D eigenvalue weighted by molar-refractivity contribution is -0.130. The van der Waals surface area contributed by atoms with Gasteiger partial charge in [-0.2, -0.15) is 0 Å². The highest BCUT2D eigenvalue weighted by Gasteiger charge is 2.45. The van der Waals surface area contributed by atoms with E-state index in [9.17, 15) is 0 Å². The molecule has 21 heavy (non-hydrogen) atoms. The predicted octanol–water partition coefficient (Wildman–Crippen LogP) is 4.21. The van der Waals surface area contributed by atoms with Crippen LogP contribution in [-0.2, 0) is 4.74 Å². The van der Waals surface area contributed by atoms with E-state index in [1.165, 1.54) is 5.56 Å². The molecule has 4 heteroatoms. The highest BCUT2D eigenvalue weighted by atomic mass is 79.9. The first-order chi connectivity index (χ1) is 10.0. The van der Waals surface area contributed by atoms with Gasteiger partial charge in [0.05, 0.1) is 12.2 Å². The van der Waals surface area contributed by atoms with Gasteiger partial charge in [-0.15, -0.1) is 0 Å². The largest absolute Gasteiger partial charge is 0.487 e. The van der Waals surface area contributed by atoms with Crippen LogP contribution >= 0.6 is 15.9 Å². The van der Waals surface area contributed by atoms with Gasteiger partial charge in [-0.25, -0.2) is 0 Å². The first-order valence-corrected chi connectivity index (χ1v) is 8.68. The van der Waals surface area contributed by atoms with Gasteiger partial charge in [0.25, 0.3) is 0 Å². The van der Waals surface area contributed by atoms with Crippen LogP contribution in [0.25, 0.3) is 0 Å². The summed E-state index contributed by atoms with van der Waals surface area (Å²) in [5.74, 6) is 1.02. The van der Waals surface area contributed by atoms with Crippen LogP contribution in [0.4, 0.5) is 0 Å². The van der Waals surface area contributed by atoms with E-state index in [-0.39, 0.29) is 17.8 Å². The maximum atomic E-state index is 6.49. The molecule has 0 saturated carbocycles. The zero-order valence-corrected chi connectivity index (χ0v) is 14.6. The molecular formula is C17H24BrNO2. The fraction of sp³-hybridized carbons (Fsp3) is 0.647. The summed E-state index contributed by atoms with van der Waals surface area (Å²) in [4.78, 5) is 0. The second kappa shape index (κ2) is 5.90. The maximum absolute atomic E-state index is 6.49. The van der Waals surface area contributed by atoms with Gasteiger partial charge in [0.15, 0.2) is 0 Å². The fourth-order valence-electron chi connectivity index (χ4n) is 3.94. The van der Waals surface area contributed by atoms with Crippen LogP contribution in [0.1, 0.15) is 51.6 Å². The Morgan fingerprint density at radius 3 is 2.62 bits per heavy atom. The summed E-state index contributed by atoms with van der Waals surface area (Å²) < 4.78 is 13.5. The topological polar surface area (TPSA) is 30.5 Å². The summed E-state index contributed by atoms with van der Waals surface area (Å²) >= 11 is 3.57. The number of halogens is 1. The second-order valence-corrected chi connectivity index (χ2v) is 7.36. The Morgan fingerprint density at radius 1 is 1.24 bits per heavy atom. The second-order valence-electron chi connectivity index (χ2n) is 6.45. The average molecular weight is 354 g/mol. The summed E-state index contributed by atoms with van der Waals surface area (Å²) in [5, 5.41) is 3.63. The summed E-state index contributed by atoms with van der Waals surface area (Å²) in [7, 11) is 0. The van der Waals surface area contributed by atoms with Crippen molar-refractivity contribution in [2.24, 2.45) is 0 Å². The molecule has 3 atom stereocenters. The van der Waals surface area contributed by atoms with E-state index in [1.807, 2.05) is 0 Å². The molecule has 2 aliphatic rings. The van der Waals surface area contributed by atoms with E-state index in [4.69, 9.17) is 9.47 Å². The number of benzene rings is 1. The predicted molar refractivity (Wildman–Crippen MR) is 87.8 cm³/mol. The van der Waals surface area contributed by atoms with Crippen molar-refractivity contribution in [2.75, 3.05) is 6.54 Å². The molecule has 1 spiro atoms. The van der Waals surface area contributed by atoms with E-state index in [0.29, 0.717) is 6.04 Å². The maximum Gasteiger partial charge on any atom is 0.125 e. The van der Waals surface area contributed by atoms with E-state index in [0.717, 1.165) is 36.0 Å². The van der Waals surface area contributed by atoms with Gasteiger partial charge in [0.2, 0.25) is 0 Å². The molecule has 3 rings (SSSR count). The smallest absolute Gasteiger partial charge is 0.125 e. The number of hydrogen-bond acceptors (Lipinski definition) is 3. The third-order valence-electron chi connectivity index (χ3n) is 4.48. The molecule has 3 unspecified atom stereocenters. The molecule has 0 aromatic heterocycles. The van der Waals surface area contributed by atoms with Crippen molar-refractivity contribution in [3.05, 3.63) is 28.2 Å². The zero-order valence-electron chi connectivity index (χ0n) is 13.0. The normalized spacial score (nSPS) is 35.3. The Balaban J connectivity index is 1.95. The summed E-state index contributed by atoms with van der Waals surface area (Å²) in [5.41, 5.74) is 1.17. The van der Waals surface area contributed by atoms with Gasteiger partial charge in [0, 0.05) is 35.3 Å². The Labute approximate surface area is 135 Å². The number of nitrogens with one attached hydrogen (secondary N) is 1. The van der Waals surface area contributed by atoms with Crippen LogP contribution in [-0.4, -0.2) is 24.4 Å². The van der Waals surface area contributed by atoms with E-state index < -0.39 is 0 Å². The highest BCUT2D eigenvalue weighted by molar-refractivity contribution is 9.10. The SMILES string of the molecule is CCNC1CC2(CC(C)OC(C)C2)Oc2ccc(Br)cc21.